The SMILES string of the molecule is CCN(CC)C(=O)C#Cc1cccc(OC)c1. The zero-order valence-electron chi connectivity index (χ0n) is 10.5. The van der Waals surface area contributed by atoms with Gasteiger partial charge in [-0.05, 0) is 32.0 Å². The molecule has 0 saturated carbocycles. The van der Waals surface area contributed by atoms with Crippen LogP contribution in [0.1, 0.15) is 19.4 Å². The summed E-state index contributed by atoms with van der Waals surface area (Å²) in [6.45, 7) is 5.24. The Labute approximate surface area is 102 Å². The van der Waals surface area contributed by atoms with Crippen molar-refractivity contribution in [2.45, 2.75) is 13.8 Å². The zero-order valence-corrected chi connectivity index (χ0v) is 10.5. The molecular weight excluding hydrogens is 214 g/mol. The van der Waals surface area contributed by atoms with E-state index in [1.807, 2.05) is 38.1 Å². The summed E-state index contributed by atoms with van der Waals surface area (Å²) in [5.41, 5.74) is 0.782. The number of rotatable bonds is 3. The first kappa shape index (κ1) is 13.1. The number of hydrogen-bond donors (Lipinski definition) is 0. The van der Waals surface area contributed by atoms with Gasteiger partial charge in [0.15, 0.2) is 0 Å². The Morgan fingerprint density at radius 2 is 2.06 bits per heavy atom. The van der Waals surface area contributed by atoms with Crippen molar-refractivity contribution in [2.75, 3.05) is 20.2 Å². The van der Waals surface area contributed by atoms with Crippen LogP contribution in [0, 0.1) is 11.8 Å². The van der Waals surface area contributed by atoms with Crippen molar-refractivity contribution >= 4 is 5.91 Å². The van der Waals surface area contributed by atoms with Crippen LogP contribution >= 0.6 is 0 Å². The molecule has 0 unspecified atom stereocenters. The normalized spacial score (nSPS) is 9.12. The van der Waals surface area contributed by atoms with Crippen molar-refractivity contribution in [3.8, 4) is 17.6 Å². The van der Waals surface area contributed by atoms with E-state index < -0.39 is 0 Å². The fourth-order valence-corrected chi connectivity index (χ4v) is 1.42. The summed E-state index contributed by atoms with van der Waals surface area (Å²) in [4.78, 5) is 13.3. The molecule has 0 heterocycles. The number of ether oxygens (including phenoxy) is 1. The average molecular weight is 231 g/mol. The van der Waals surface area contributed by atoms with E-state index in [1.54, 1.807) is 12.0 Å². The predicted molar refractivity (Wildman–Crippen MR) is 67.8 cm³/mol. The molecule has 0 N–H and O–H groups in total. The number of nitrogens with zero attached hydrogens (tertiary/aromatic N) is 1. The molecule has 17 heavy (non-hydrogen) atoms. The van der Waals surface area contributed by atoms with Crippen molar-refractivity contribution in [3.05, 3.63) is 29.8 Å². The standard InChI is InChI=1S/C14H17NO2/c1-4-15(5-2)14(16)10-9-12-7-6-8-13(11-12)17-3/h6-8,11H,4-5H2,1-3H3. The van der Waals surface area contributed by atoms with Gasteiger partial charge < -0.3 is 9.64 Å². The topological polar surface area (TPSA) is 29.5 Å². The molecule has 0 atom stereocenters. The maximum atomic E-state index is 11.7. The van der Waals surface area contributed by atoms with Crippen LogP contribution in [0.4, 0.5) is 0 Å². The van der Waals surface area contributed by atoms with Gasteiger partial charge in [-0.2, -0.15) is 0 Å². The molecule has 1 rings (SSSR count). The van der Waals surface area contributed by atoms with E-state index in [9.17, 15) is 4.79 Å². The van der Waals surface area contributed by atoms with Gasteiger partial charge >= 0.3 is 0 Å². The highest BCUT2D eigenvalue weighted by Gasteiger charge is 2.04. The number of amides is 1. The molecule has 0 radical (unpaired) electrons. The number of hydrogen-bond acceptors (Lipinski definition) is 2. The lowest BCUT2D eigenvalue weighted by Gasteiger charge is -2.14. The van der Waals surface area contributed by atoms with Crippen LogP contribution in [0.2, 0.25) is 0 Å². The molecule has 1 amide bonds. The maximum absolute atomic E-state index is 11.7. The maximum Gasteiger partial charge on any atom is 0.298 e. The molecule has 0 fully saturated rings. The molecule has 0 saturated heterocycles. The third-order valence-corrected chi connectivity index (χ3v) is 2.43. The fraction of sp³-hybridized carbons (Fsp3) is 0.357. The summed E-state index contributed by atoms with van der Waals surface area (Å²) >= 11 is 0. The second-order valence-electron chi connectivity index (χ2n) is 3.46. The van der Waals surface area contributed by atoms with E-state index in [1.165, 1.54) is 0 Å². The van der Waals surface area contributed by atoms with Crippen LogP contribution in [-0.4, -0.2) is 31.0 Å². The summed E-state index contributed by atoms with van der Waals surface area (Å²) < 4.78 is 5.09. The molecule has 1 aromatic carbocycles. The molecule has 0 spiro atoms. The van der Waals surface area contributed by atoms with Gasteiger partial charge in [0.25, 0.3) is 5.91 Å². The Morgan fingerprint density at radius 3 is 2.65 bits per heavy atom. The van der Waals surface area contributed by atoms with Crippen LogP contribution in [0.5, 0.6) is 5.75 Å². The average Bonchev–Trinajstić information content (AvgIpc) is 2.38. The van der Waals surface area contributed by atoms with Gasteiger partial charge in [-0.15, -0.1) is 0 Å². The first-order valence-electron chi connectivity index (χ1n) is 5.66. The Hall–Kier alpha value is -1.95. The number of methoxy groups -OCH3 is 1. The number of benzene rings is 1. The van der Waals surface area contributed by atoms with Gasteiger partial charge in [-0.1, -0.05) is 12.0 Å². The van der Waals surface area contributed by atoms with E-state index in [2.05, 4.69) is 11.8 Å². The van der Waals surface area contributed by atoms with Gasteiger partial charge in [-0.25, -0.2) is 0 Å². The highest BCUT2D eigenvalue weighted by molar-refractivity contribution is 5.94. The first-order valence-corrected chi connectivity index (χ1v) is 5.66. The quantitative estimate of drug-likeness (QED) is 0.744. The van der Waals surface area contributed by atoms with Gasteiger partial charge in [0.2, 0.25) is 0 Å². The zero-order chi connectivity index (χ0) is 12.7. The lowest BCUT2D eigenvalue weighted by molar-refractivity contribution is -0.124. The largest absolute Gasteiger partial charge is 0.497 e. The minimum Gasteiger partial charge on any atom is -0.497 e. The molecule has 90 valence electrons. The van der Waals surface area contributed by atoms with Crippen LogP contribution in [-0.2, 0) is 4.79 Å². The summed E-state index contributed by atoms with van der Waals surface area (Å²) in [6, 6.07) is 7.36. The second kappa shape index (κ2) is 6.59. The lowest BCUT2D eigenvalue weighted by atomic mass is 10.2. The second-order valence-corrected chi connectivity index (χ2v) is 3.46. The summed E-state index contributed by atoms with van der Waals surface area (Å²) in [7, 11) is 1.60. The number of carbonyl (C=O) groups is 1. The van der Waals surface area contributed by atoms with E-state index in [4.69, 9.17) is 4.74 Å². The Kier molecular flexibility index (Phi) is 5.09. The van der Waals surface area contributed by atoms with Crippen LogP contribution < -0.4 is 4.74 Å². The van der Waals surface area contributed by atoms with E-state index in [0.29, 0.717) is 13.1 Å². The number of carbonyl (C=O) groups excluding carboxylic acids is 1. The monoisotopic (exact) mass is 231 g/mol. The first-order chi connectivity index (χ1) is 8.21. The van der Waals surface area contributed by atoms with E-state index in [0.717, 1.165) is 11.3 Å². The van der Waals surface area contributed by atoms with Crippen molar-refractivity contribution in [1.82, 2.24) is 4.90 Å². The molecule has 3 heteroatoms. The minimum atomic E-state index is -0.141. The van der Waals surface area contributed by atoms with Gasteiger partial charge in [0.05, 0.1) is 7.11 Å². The smallest absolute Gasteiger partial charge is 0.298 e. The molecule has 0 aliphatic carbocycles. The van der Waals surface area contributed by atoms with Gasteiger partial charge in [0, 0.05) is 24.6 Å². The fourth-order valence-electron chi connectivity index (χ4n) is 1.42. The van der Waals surface area contributed by atoms with Crippen LogP contribution in [0.3, 0.4) is 0 Å². The molecule has 0 bridgehead atoms. The van der Waals surface area contributed by atoms with E-state index in [-0.39, 0.29) is 5.91 Å². The van der Waals surface area contributed by atoms with Crippen molar-refractivity contribution in [3.63, 3.8) is 0 Å². The molecule has 1 aromatic rings. The summed E-state index contributed by atoms with van der Waals surface area (Å²) in [5.74, 6) is 6.08. The van der Waals surface area contributed by atoms with Crippen LogP contribution in [0.25, 0.3) is 0 Å². The Balaban J connectivity index is 2.80. The third-order valence-electron chi connectivity index (χ3n) is 2.43. The van der Waals surface area contributed by atoms with Crippen molar-refractivity contribution in [1.29, 1.82) is 0 Å². The highest BCUT2D eigenvalue weighted by atomic mass is 16.5. The molecule has 0 aliphatic heterocycles. The van der Waals surface area contributed by atoms with Crippen LogP contribution in [0.15, 0.2) is 24.3 Å². The Morgan fingerprint density at radius 1 is 1.35 bits per heavy atom. The van der Waals surface area contributed by atoms with Gasteiger partial charge in [-0.3, -0.25) is 4.79 Å². The third kappa shape index (κ3) is 3.84. The van der Waals surface area contributed by atoms with E-state index >= 15 is 0 Å². The Bertz CT molecular complexity index is 439. The molecule has 3 nitrogen and oxygen atoms in total. The predicted octanol–water partition coefficient (Wildman–Crippen LogP) is 1.92. The lowest BCUT2D eigenvalue weighted by Crippen LogP contribution is -2.29. The van der Waals surface area contributed by atoms with Gasteiger partial charge in [0.1, 0.15) is 5.75 Å². The molecular formula is C14H17NO2. The highest BCUT2D eigenvalue weighted by Crippen LogP contribution is 2.11. The molecule has 0 aliphatic rings. The van der Waals surface area contributed by atoms with Crippen molar-refractivity contribution < 1.29 is 9.53 Å². The summed E-state index contributed by atoms with van der Waals surface area (Å²) in [5, 5.41) is 0. The van der Waals surface area contributed by atoms with Crippen molar-refractivity contribution in [2.24, 2.45) is 0 Å². The minimum absolute atomic E-state index is 0.141. The molecule has 0 aromatic heterocycles. The summed E-state index contributed by atoms with van der Waals surface area (Å²) in [6.07, 6.45) is 0.